The minimum atomic E-state index is -2.08. The van der Waals surface area contributed by atoms with Crippen molar-refractivity contribution >= 4 is 32.5 Å². The molecule has 1 aromatic carbocycles. The molecule has 0 N–H and O–H groups in total. The van der Waals surface area contributed by atoms with Crippen LogP contribution >= 0.6 is 12.6 Å². The first-order valence-corrected chi connectivity index (χ1v) is 12.8. The normalized spacial score (nSPS) is 17.1. The van der Waals surface area contributed by atoms with Crippen LogP contribution in [0.25, 0.3) is 0 Å². The van der Waals surface area contributed by atoms with Gasteiger partial charge in [0.15, 0.2) is 0 Å². The predicted octanol–water partition coefficient (Wildman–Crippen LogP) is 6.36. The third-order valence-electron chi connectivity index (χ3n) is 6.55. The number of hydrogen-bond acceptors (Lipinski definition) is 3. The van der Waals surface area contributed by atoms with Gasteiger partial charge in [0, 0.05) is 6.54 Å². The van der Waals surface area contributed by atoms with Crippen LogP contribution in [0.15, 0.2) is 24.3 Å². The highest BCUT2D eigenvalue weighted by molar-refractivity contribution is 7.83. The molecule has 5 heteroatoms. The summed E-state index contributed by atoms with van der Waals surface area (Å²) in [4.78, 5) is 27.1. The van der Waals surface area contributed by atoms with Crippen LogP contribution in [0.1, 0.15) is 89.5 Å². The average molecular weight is 420 g/mol. The second kappa shape index (κ2) is 7.32. The minimum Gasteiger partial charge on any atom is -0.274 e. The van der Waals surface area contributed by atoms with Crippen LogP contribution in [0, 0.1) is 0 Å². The van der Waals surface area contributed by atoms with E-state index in [1.54, 1.807) is 12.1 Å². The summed E-state index contributed by atoms with van der Waals surface area (Å²) in [7, 11) is -2.08. The number of nitrogens with zero attached hydrogens (tertiary/aromatic N) is 1. The van der Waals surface area contributed by atoms with Gasteiger partial charge in [0.25, 0.3) is 11.8 Å². The van der Waals surface area contributed by atoms with Gasteiger partial charge in [0.2, 0.25) is 0 Å². The first-order valence-electron chi connectivity index (χ1n) is 10.2. The summed E-state index contributed by atoms with van der Waals surface area (Å²) in [6.45, 7) is 21.6. The Balaban J connectivity index is 2.35. The lowest BCUT2D eigenvalue weighted by Gasteiger charge is -2.62. The van der Waals surface area contributed by atoms with E-state index in [9.17, 15) is 9.59 Å². The predicted molar refractivity (Wildman–Crippen MR) is 124 cm³/mol. The van der Waals surface area contributed by atoms with Crippen molar-refractivity contribution in [2.45, 2.75) is 88.7 Å². The Bertz CT molecular complexity index is 697. The Morgan fingerprint density at radius 2 is 1.18 bits per heavy atom. The molecule has 0 fully saturated rings. The minimum absolute atomic E-state index is 0.123. The highest BCUT2D eigenvalue weighted by Gasteiger charge is 2.62. The lowest BCUT2D eigenvalue weighted by Crippen LogP contribution is -2.65. The van der Waals surface area contributed by atoms with Crippen LogP contribution in [0.2, 0.25) is 15.1 Å². The summed E-state index contributed by atoms with van der Waals surface area (Å²) in [6.07, 6.45) is 0.729. The van der Waals surface area contributed by atoms with Crippen molar-refractivity contribution in [3.05, 3.63) is 35.4 Å². The summed E-state index contributed by atoms with van der Waals surface area (Å²) in [5.41, 5.74) is 1.04. The van der Waals surface area contributed by atoms with Gasteiger partial charge in [-0.1, -0.05) is 74.4 Å². The topological polar surface area (TPSA) is 37.4 Å². The number of rotatable bonds is 4. The molecule has 1 aromatic rings. The molecule has 0 spiro atoms. The van der Waals surface area contributed by atoms with Crippen LogP contribution in [0.5, 0.6) is 0 Å². The van der Waals surface area contributed by atoms with E-state index in [0.29, 0.717) is 17.7 Å². The fraction of sp³-hybridized carbons (Fsp3) is 0.652. The number of fused-ring (bicyclic) bond motifs is 1. The molecule has 2 amide bonds. The second-order valence-corrected chi connectivity index (χ2v) is 19.1. The van der Waals surface area contributed by atoms with Crippen LogP contribution < -0.4 is 0 Å². The summed E-state index contributed by atoms with van der Waals surface area (Å²) in [5.74, 6) is -0.341. The van der Waals surface area contributed by atoms with Gasteiger partial charge in [-0.2, -0.15) is 12.6 Å². The maximum atomic E-state index is 12.8. The fourth-order valence-electron chi connectivity index (χ4n) is 6.78. The van der Waals surface area contributed by atoms with Gasteiger partial charge >= 0.3 is 0 Å². The van der Waals surface area contributed by atoms with E-state index in [1.807, 2.05) is 12.1 Å². The van der Waals surface area contributed by atoms with Gasteiger partial charge in [-0.15, -0.1) is 0 Å². The zero-order chi connectivity index (χ0) is 21.7. The molecule has 156 valence electrons. The molecule has 28 heavy (non-hydrogen) atoms. The van der Waals surface area contributed by atoms with Crippen LogP contribution in [0.3, 0.4) is 0 Å². The van der Waals surface area contributed by atoms with Gasteiger partial charge < -0.3 is 0 Å². The van der Waals surface area contributed by atoms with Gasteiger partial charge in [0.05, 0.1) is 19.2 Å². The number of carbonyl (C=O) groups is 2. The lowest BCUT2D eigenvalue weighted by atomic mass is 10.1. The Morgan fingerprint density at radius 3 is 1.50 bits per heavy atom. The van der Waals surface area contributed by atoms with Crippen molar-refractivity contribution in [1.29, 1.82) is 0 Å². The van der Waals surface area contributed by atoms with Crippen molar-refractivity contribution < 1.29 is 9.59 Å². The SMILES string of the molecule is CC(C)(C)[Si](C(S)CCN1C(=O)c2ccccc2C1=O)(C(C)(C)C)C(C)(C)C. The number of imide groups is 1. The molecule has 0 aromatic heterocycles. The zero-order valence-corrected chi connectivity index (χ0v) is 20.9. The summed E-state index contributed by atoms with van der Waals surface area (Å²) in [5, 5.41) is 0.369. The number of thiol groups is 1. The smallest absolute Gasteiger partial charge is 0.261 e. The third-order valence-corrected chi connectivity index (χ3v) is 16.4. The van der Waals surface area contributed by atoms with Crippen molar-refractivity contribution in [3.63, 3.8) is 0 Å². The molecule has 2 rings (SSSR count). The van der Waals surface area contributed by atoms with E-state index in [1.165, 1.54) is 4.90 Å². The molecule has 0 aliphatic carbocycles. The molecule has 0 saturated carbocycles. The first kappa shape index (κ1) is 23.2. The molecule has 0 bridgehead atoms. The maximum absolute atomic E-state index is 12.8. The Morgan fingerprint density at radius 1 is 0.821 bits per heavy atom. The van der Waals surface area contributed by atoms with Gasteiger partial charge in [-0.05, 0) is 38.5 Å². The quantitative estimate of drug-likeness (QED) is 0.350. The highest BCUT2D eigenvalue weighted by Crippen LogP contribution is 2.64. The molecule has 0 saturated heterocycles. The maximum Gasteiger partial charge on any atom is 0.261 e. The highest BCUT2D eigenvalue weighted by atomic mass is 32.1. The number of carbonyl (C=O) groups excluding carboxylic acids is 2. The molecule has 1 aliphatic heterocycles. The molecule has 1 unspecified atom stereocenters. The van der Waals surface area contributed by atoms with E-state index >= 15 is 0 Å². The Hall–Kier alpha value is -1.07. The molecule has 1 heterocycles. The van der Waals surface area contributed by atoms with E-state index < -0.39 is 8.07 Å². The molecule has 3 nitrogen and oxygen atoms in total. The van der Waals surface area contributed by atoms with Gasteiger partial charge in [0.1, 0.15) is 0 Å². The van der Waals surface area contributed by atoms with Crippen LogP contribution in [-0.4, -0.2) is 36.2 Å². The number of hydrogen-bond donors (Lipinski definition) is 1. The van der Waals surface area contributed by atoms with Crippen molar-refractivity contribution in [1.82, 2.24) is 4.90 Å². The van der Waals surface area contributed by atoms with Crippen LogP contribution in [-0.2, 0) is 0 Å². The molecule has 0 radical (unpaired) electrons. The van der Waals surface area contributed by atoms with E-state index in [0.717, 1.165) is 6.42 Å². The van der Waals surface area contributed by atoms with E-state index in [-0.39, 0.29) is 31.8 Å². The second-order valence-electron chi connectivity index (χ2n) is 11.2. The molecule has 1 atom stereocenters. The van der Waals surface area contributed by atoms with Crippen molar-refractivity contribution in [3.8, 4) is 0 Å². The van der Waals surface area contributed by atoms with Crippen LogP contribution in [0.4, 0.5) is 0 Å². The fourth-order valence-corrected chi connectivity index (χ4v) is 20.7. The Labute approximate surface area is 177 Å². The van der Waals surface area contributed by atoms with Crippen molar-refractivity contribution in [2.24, 2.45) is 0 Å². The van der Waals surface area contributed by atoms with E-state index in [4.69, 9.17) is 12.6 Å². The molecule has 1 aliphatic rings. The monoisotopic (exact) mass is 419 g/mol. The average Bonchev–Trinajstić information content (AvgIpc) is 2.73. The summed E-state index contributed by atoms with van der Waals surface area (Å²) < 4.78 is 0. The van der Waals surface area contributed by atoms with E-state index in [2.05, 4.69) is 62.3 Å². The standard InChI is InChI=1S/C23H37NO2SSi/c1-21(2,3)28(22(4,5)6,23(7,8)9)18(27)14-15-24-19(25)16-12-10-11-13-17(16)20(24)26/h10-13,18,27H,14-15H2,1-9H3. The lowest BCUT2D eigenvalue weighted by molar-refractivity contribution is 0.0653. The van der Waals surface area contributed by atoms with Gasteiger partial charge in [-0.3, -0.25) is 14.5 Å². The van der Waals surface area contributed by atoms with Crippen molar-refractivity contribution in [2.75, 3.05) is 6.54 Å². The largest absolute Gasteiger partial charge is 0.274 e. The first-order chi connectivity index (χ1) is 12.6. The van der Waals surface area contributed by atoms with Gasteiger partial charge in [-0.25, -0.2) is 0 Å². The summed E-state index contributed by atoms with van der Waals surface area (Å²) in [6, 6.07) is 7.11. The molecular weight excluding hydrogens is 382 g/mol. The summed E-state index contributed by atoms with van der Waals surface area (Å²) >= 11 is 5.20. The Kier molecular flexibility index (Phi) is 6.06. The number of amides is 2. The third kappa shape index (κ3) is 3.49. The molecular formula is C23H37NO2SSi. The number of benzene rings is 1. The zero-order valence-electron chi connectivity index (χ0n) is 19.0.